The maximum atomic E-state index is 15.3. The van der Waals surface area contributed by atoms with Crippen LogP contribution in [-0.4, -0.2) is 9.13 Å². The van der Waals surface area contributed by atoms with E-state index < -0.39 is 90.3 Å². The summed E-state index contributed by atoms with van der Waals surface area (Å²) in [6.45, 7) is 1.82. The van der Waals surface area contributed by atoms with Gasteiger partial charge in [-0.1, -0.05) is 66.7 Å². The van der Waals surface area contributed by atoms with Gasteiger partial charge in [0.2, 0.25) is 11.6 Å². The molecule has 0 unspecified atom stereocenters. The maximum absolute atomic E-state index is 15.3. The number of aromatic nitrogens is 2. The van der Waals surface area contributed by atoms with Gasteiger partial charge in [-0.25, -0.2) is 43.9 Å². The lowest BCUT2D eigenvalue weighted by Crippen LogP contribution is -2.33. The smallest absolute Gasteiger partial charge is 0.200 e. The van der Waals surface area contributed by atoms with Crippen LogP contribution in [0.4, 0.5) is 43.9 Å². The Balaban J connectivity index is 1.58. The first-order chi connectivity index (χ1) is 24.3. The summed E-state index contributed by atoms with van der Waals surface area (Å²) >= 11 is 0. The molecule has 0 saturated heterocycles. The first kappa shape index (κ1) is 34.4. The zero-order valence-electron chi connectivity index (χ0n) is 26.5. The average molecular weight is 729 g/mol. The molecule has 0 aliphatic rings. The lowest BCUT2D eigenvalue weighted by Gasteiger charge is -2.26. The lowest BCUT2D eigenvalue weighted by molar-refractivity contribution is 0.368. The number of halogens is 10. The Labute approximate surface area is 284 Å². The second kappa shape index (κ2) is 12.9. The normalized spacial score (nSPS) is 11.9. The minimum atomic E-state index is -2.30. The average Bonchev–Trinajstić information content (AvgIpc) is 3.58. The molecule has 260 valence electrons. The zero-order chi connectivity index (χ0) is 36.5. The second-order valence-corrected chi connectivity index (χ2v) is 13.9. The van der Waals surface area contributed by atoms with E-state index in [0.29, 0.717) is 49.1 Å². The van der Waals surface area contributed by atoms with E-state index in [1.807, 2.05) is 0 Å². The van der Waals surface area contributed by atoms with Crippen molar-refractivity contribution >= 4 is 45.9 Å². The molecule has 2 heterocycles. The molecule has 5 aromatic carbocycles. The summed E-state index contributed by atoms with van der Waals surface area (Å²) in [6.07, 6.45) is 0. The van der Waals surface area contributed by atoms with Crippen molar-refractivity contribution in [2.45, 2.75) is 26.9 Å². The molecule has 2 nitrogen and oxygen atoms in total. The van der Waals surface area contributed by atoms with Gasteiger partial charge in [-0.2, -0.15) is 0 Å². The minimum Gasteiger partial charge on any atom is -0.335 e. The van der Waals surface area contributed by atoms with Crippen molar-refractivity contribution in [2.75, 3.05) is 0 Å². The van der Waals surface area contributed by atoms with Crippen molar-refractivity contribution in [3.63, 3.8) is 0 Å². The molecular weight excluding hydrogens is 705 g/mol. The van der Waals surface area contributed by atoms with Gasteiger partial charge in [0.25, 0.3) is 0 Å². The highest BCUT2D eigenvalue weighted by Crippen LogP contribution is 2.42. The Kier molecular flexibility index (Phi) is 8.70. The SMILES string of the molecule is Cc1c(P(c2ccccc2)c2c(C)c3ccccc3n2Cc2c(F)c(F)c(F)c(F)c2F)n(Cc2c(F)c(F)c(F)c(F)c2F)c2ccccc12. The predicted molar refractivity (Wildman–Crippen MR) is 176 cm³/mol. The highest BCUT2D eigenvalue weighted by atomic mass is 31.1. The summed E-state index contributed by atoms with van der Waals surface area (Å²) in [5.74, 6) is -21.1. The van der Waals surface area contributed by atoms with E-state index in [4.69, 9.17) is 0 Å². The number of hydrogen-bond acceptors (Lipinski definition) is 0. The Morgan fingerprint density at radius 2 is 0.725 bits per heavy atom. The molecule has 51 heavy (non-hydrogen) atoms. The van der Waals surface area contributed by atoms with Crippen molar-refractivity contribution in [3.8, 4) is 0 Å². The van der Waals surface area contributed by atoms with Crippen molar-refractivity contribution in [1.82, 2.24) is 9.13 Å². The van der Waals surface area contributed by atoms with E-state index >= 15 is 17.6 Å². The molecule has 2 aromatic heterocycles. The largest absolute Gasteiger partial charge is 0.335 e. The van der Waals surface area contributed by atoms with Gasteiger partial charge < -0.3 is 9.13 Å². The fourth-order valence-corrected chi connectivity index (χ4v) is 9.55. The third-order valence-electron chi connectivity index (χ3n) is 9.05. The topological polar surface area (TPSA) is 9.86 Å². The first-order valence-corrected chi connectivity index (χ1v) is 16.7. The summed E-state index contributed by atoms with van der Waals surface area (Å²) in [5, 5.41) is 1.77. The number of hydrogen-bond donors (Lipinski definition) is 0. The first-order valence-electron chi connectivity index (χ1n) is 15.4. The van der Waals surface area contributed by atoms with Crippen LogP contribution in [0.3, 0.4) is 0 Å². The van der Waals surface area contributed by atoms with Crippen LogP contribution in [0.15, 0.2) is 78.9 Å². The number of fused-ring (bicyclic) bond motifs is 2. The molecule has 0 spiro atoms. The van der Waals surface area contributed by atoms with E-state index in [1.165, 1.54) is 9.13 Å². The van der Waals surface area contributed by atoms with Gasteiger partial charge in [0.05, 0.1) is 24.0 Å². The maximum Gasteiger partial charge on any atom is 0.200 e. The van der Waals surface area contributed by atoms with Crippen LogP contribution in [0.25, 0.3) is 21.8 Å². The number of para-hydroxylation sites is 2. The van der Waals surface area contributed by atoms with Gasteiger partial charge in [0.15, 0.2) is 46.5 Å². The van der Waals surface area contributed by atoms with E-state index in [-0.39, 0.29) is 0 Å². The highest BCUT2D eigenvalue weighted by Gasteiger charge is 2.34. The third-order valence-corrected chi connectivity index (χ3v) is 11.9. The van der Waals surface area contributed by atoms with Crippen LogP contribution in [0, 0.1) is 72.0 Å². The monoisotopic (exact) mass is 728 g/mol. The molecule has 0 N–H and O–H groups in total. The van der Waals surface area contributed by atoms with Gasteiger partial charge in [0, 0.05) is 40.9 Å². The third kappa shape index (κ3) is 5.30. The minimum absolute atomic E-state index is 0.380. The van der Waals surface area contributed by atoms with Crippen LogP contribution in [0.1, 0.15) is 22.3 Å². The summed E-state index contributed by atoms with van der Waals surface area (Å²) in [7, 11) is -1.98. The van der Waals surface area contributed by atoms with Crippen LogP contribution in [-0.2, 0) is 13.1 Å². The molecule has 7 rings (SSSR count). The quantitative estimate of drug-likeness (QED) is 0.0670. The van der Waals surface area contributed by atoms with E-state index in [9.17, 15) is 26.3 Å². The number of nitrogens with zero attached hydrogens (tertiary/aromatic N) is 2. The van der Waals surface area contributed by atoms with Crippen LogP contribution < -0.4 is 16.2 Å². The predicted octanol–water partition coefficient (Wildman–Crippen LogP) is 9.46. The van der Waals surface area contributed by atoms with Crippen molar-refractivity contribution < 1.29 is 43.9 Å². The van der Waals surface area contributed by atoms with Crippen molar-refractivity contribution in [2.24, 2.45) is 0 Å². The Bertz CT molecular complexity index is 2310. The number of aryl methyl sites for hydroxylation is 2. The highest BCUT2D eigenvalue weighted by molar-refractivity contribution is 7.79. The fraction of sp³-hybridized carbons (Fsp3) is 0.105. The summed E-state index contributed by atoms with van der Waals surface area (Å²) < 4.78 is 150. The molecule has 0 fully saturated rings. The molecule has 0 aliphatic carbocycles. The molecule has 0 amide bonds. The second-order valence-electron chi connectivity index (χ2n) is 11.9. The van der Waals surface area contributed by atoms with Crippen LogP contribution >= 0.6 is 7.92 Å². The van der Waals surface area contributed by atoms with Gasteiger partial charge in [-0.05, 0) is 42.4 Å². The molecule has 0 atom stereocenters. The number of benzene rings is 5. The van der Waals surface area contributed by atoms with Crippen molar-refractivity contribution in [3.05, 3.63) is 159 Å². The van der Waals surface area contributed by atoms with E-state index in [1.54, 1.807) is 92.7 Å². The molecule has 0 aliphatic heterocycles. The van der Waals surface area contributed by atoms with E-state index in [2.05, 4.69) is 0 Å². The van der Waals surface area contributed by atoms with Crippen LogP contribution in [0.2, 0.25) is 0 Å². The fourth-order valence-electron chi connectivity index (χ4n) is 6.64. The standard InChI is InChI=1S/C38H23F10N2P/c1-18-21-12-6-8-14-25(21)49(16-23-27(39)31(43)35(47)32(44)28(23)40)37(18)51(20-10-4-3-5-11-20)38-19(2)22-13-7-9-15-26(22)50(38)17-24-29(41)33(45)36(48)34(46)30(24)42/h3-15H,16-17H2,1-2H3. The molecular formula is C38H23F10N2P. The van der Waals surface area contributed by atoms with Gasteiger partial charge in [-0.15, -0.1) is 0 Å². The molecule has 0 saturated carbocycles. The van der Waals surface area contributed by atoms with Gasteiger partial charge in [0.1, 0.15) is 0 Å². The molecule has 0 bridgehead atoms. The summed E-state index contributed by atoms with van der Waals surface area (Å²) in [5.41, 5.74) is 0.491. The van der Waals surface area contributed by atoms with Gasteiger partial charge >= 0.3 is 0 Å². The Morgan fingerprint density at radius 3 is 1.10 bits per heavy atom. The number of rotatable bonds is 7. The molecule has 13 heteroatoms. The Morgan fingerprint density at radius 1 is 0.412 bits per heavy atom. The molecule has 7 aromatic rings. The van der Waals surface area contributed by atoms with Crippen LogP contribution in [0.5, 0.6) is 0 Å². The summed E-state index contributed by atoms with van der Waals surface area (Å²) in [4.78, 5) is 0. The summed E-state index contributed by atoms with van der Waals surface area (Å²) in [6, 6.07) is 22.0. The molecule has 0 radical (unpaired) electrons. The Hall–Kier alpha value is -5.09. The van der Waals surface area contributed by atoms with Crippen molar-refractivity contribution in [1.29, 1.82) is 0 Å². The van der Waals surface area contributed by atoms with E-state index in [0.717, 1.165) is 0 Å². The van der Waals surface area contributed by atoms with Gasteiger partial charge in [-0.3, -0.25) is 0 Å². The zero-order valence-corrected chi connectivity index (χ0v) is 27.4. The lowest BCUT2D eigenvalue weighted by atomic mass is 10.1.